The molecule has 0 spiro atoms. The number of nitrogens with two attached hydrogens (primary N) is 1. The van der Waals surface area contributed by atoms with Gasteiger partial charge in [-0.25, -0.2) is 14.0 Å². The third-order valence-corrected chi connectivity index (χ3v) is 9.11. The molecule has 3 aliphatic rings. The molecule has 1 aromatic carbocycles. The SMILES string of the molecule is CC(C)(C)OC(=O)NCC1CCC(C(=O)N2CC(c3c(F)cccc3C(=O)O)[C@@H](C3CCCCC3)[C@H]2C(N)=O)CC1. The van der Waals surface area contributed by atoms with E-state index >= 15 is 4.39 Å². The Kier molecular flexibility index (Phi) is 9.59. The Morgan fingerprint density at radius 3 is 2.29 bits per heavy atom. The van der Waals surface area contributed by atoms with Crippen molar-refractivity contribution in [1.29, 1.82) is 0 Å². The first-order valence-corrected chi connectivity index (χ1v) is 15.0. The summed E-state index contributed by atoms with van der Waals surface area (Å²) in [7, 11) is 0. The van der Waals surface area contributed by atoms with Crippen LogP contribution in [-0.4, -0.2) is 58.6 Å². The zero-order chi connectivity index (χ0) is 29.9. The Morgan fingerprint density at radius 1 is 1.05 bits per heavy atom. The minimum atomic E-state index is -1.24. The Hall–Kier alpha value is -3.17. The lowest BCUT2D eigenvalue weighted by molar-refractivity contribution is -0.143. The first-order valence-electron chi connectivity index (χ1n) is 15.0. The van der Waals surface area contributed by atoms with Crippen molar-refractivity contribution in [2.75, 3.05) is 13.1 Å². The van der Waals surface area contributed by atoms with Crippen LogP contribution < -0.4 is 11.1 Å². The predicted octanol–water partition coefficient (Wildman–Crippen LogP) is 4.83. The van der Waals surface area contributed by atoms with Crippen LogP contribution in [0.3, 0.4) is 0 Å². The number of carboxylic acid groups (broad SMARTS) is 1. The number of carbonyl (C=O) groups is 4. The van der Waals surface area contributed by atoms with Crippen LogP contribution in [0, 0.1) is 29.5 Å². The number of aromatic carboxylic acids is 1. The molecule has 0 aromatic heterocycles. The standard InChI is InChI=1S/C31H44FN3O6/c1-31(2,3)41-30(40)34-16-18-12-14-20(15-13-18)28(37)35-17-22(25-21(29(38)39)10-7-11-23(25)32)24(26(35)27(33)36)19-8-5-4-6-9-19/h7,10-11,18-20,22,24,26H,4-6,8-9,12-17H2,1-3H3,(H2,33,36)(H,34,40)(H,38,39)/t18?,20?,22?,24-,26+/m1/s1. The summed E-state index contributed by atoms with van der Waals surface area (Å²) in [4.78, 5) is 52.7. The molecular formula is C31H44FN3O6. The average molecular weight is 574 g/mol. The molecular weight excluding hydrogens is 529 g/mol. The lowest BCUT2D eigenvalue weighted by Crippen LogP contribution is -2.50. The van der Waals surface area contributed by atoms with Gasteiger partial charge in [-0.1, -0.05) is 38.2 Å². The molecule has 41 heavy (non-hydrogen) atoms. The van der Waals surface area contributed by atoms with Gasteiger partial charge in [-0.3, -0.25) is 9.59 Å². The van der Waals surface area contributed by atoms with Crippen molar-refractivity contribution >= 4 is 23.9 Å². The fourth-order valence-electron chi connectivity index (χ4n) is 7.32. The minimum absolute atomic E-state index is 0.0416. The Labute approximate surface area is 241 Å². The number of likely N-dealkylation sites (tertiary alicyclic amines) is 1. The normalized spacial score (nSPS) is 27.3. The molecule has 1 unspecified atom stereocenters. The van der Waals surface area contributed by atoms with Gasteiger partial charge in [0.05, 0.1) is 5.56 Å². The maximum absolute atomic E-state index is 15.4. The van der Waals surface area contributed by atoms with Crippen molar-refractivity contribution in [2.24, 2.45) is 29.4 Å². The number of hydrogen-bond acceptors (Lipinski definition) is 5. The van der Waals surface area contributed by atoms with Gasteiger partial charge in [-0.05, 0) is 76.3 Å². The summed E-state index contributed by atoms with van der Waals surface area (Å²) >= 11 is 0. The molecule has 226 valence electrons. The van der Waals surface area contributed by atoms with E-state index < -0.39 is 47.3 Å². The van der Waals surface area contributed by atoms with E-state index in [1.807, 2.05) is 0 Å². The topological polar surface area (TPSA) is 139 Å². The van der Waals surface area contributed by atoms with Gasteiger partial charge in [0.2, 0.25) is 11.8 Å². The van der Waals surface area contributed by atoms with E-state index in [4.69, 9.17) is 10.5 Å². The summed E-state index contributed by atoms with van der Waals surface area (Å²) in [6.45, 7) is 5.94. The summed E-state index contributed by atoms with van der Waals surface area (Å²) in [6.07, 6.45) is 6.87. The number of ether oxygens (including phenoxy) is 1. The van der Waals surface area contributed by atoms with Crippen LogP contribution in [0.2, 0.25) is 0 Å². The van der Waals surface area contributed by atoms with Crippen LogP contribution in [0.1, 0.15) is 100 Å². The number of carboxylic acids is 1. The van der Waals surface area contributed by atoms with Gasteiger partial charge in [-0.2, -0.15) is 0 Å². The second kappa shape index (κ2) is 12.8. The zero-order valence-corrected chi connectivity index (χ0v) is 24.4. The van der Waals surface area contributed by atoms with Crippen LogP contribution in [0.5, 0.6) is 0 Å². The molecule has 1 saturated heterocycles. The Balaban J connectivity index is 1.53. The predicted molar refractivity (Wildman–Crippen MR) is 151 cm³/mol. The highest BCUT2D eigenvalue weighted by molar-refractivity contribution is 5.91. The highest BCUT2D eigenvalue weighted by Crippen LogP contribution is 2.48. The van der Waals surface area contributed by atoms with Gasteiger partial charge in [0.1, 0.15) is 17.5 Å². The summed E-state index contributed by atoms with van der Waals surface area (Å²) in [5.41, 5.74) is 5.32. The van der Waals surface area contributed by atoms with Gasteiger partial charge < -0.3 is 25.8 Å². The fourth-order valence-corrected chi connectivity index (χ4v) is 7.32. The molecule has 4 N–H and O–H groups in total. The van der Waals surface area contributed by atoms with Crippen molar-refractivity contribution in [3.63, 3.8) is 0 Å². The second-order valence-corrected chi connectivity index (χ2v) is 13.0. The number of rotatable bonds is 7. The zero-order valence-electron chi connectivity index (χ0n) is 24.4. The first-order chi connectivity index (χ1) is 19.4. The van der Waals surface area contributed by atoms with E-state index in [2.05, 4.69) is 5.32 Å². The van der Waals surface area contributed by atoms with Crippen LogP contribution in [0.4, 0.5) is 9.18 Å². The van der Waals surface area contributed by atoms with E-state index in [0.29, 0.717) is 19.4 Å². The number of amides is 3. The Bertz CT molecular complexity index is 1140. The smallest absolute Gasteiger partial charge is 0.407 e. The maximum Gasteiger partial charge on any atom is 0.407 e. The van der Waals surface area contributed by atoms with Crippen molar-refractivity contribution in [3.8, 4) is 0 Å². The summed E-state index contributed by atoms with van der Waals surface area (Å²) in [5.74, 6) is -3.82. The highest BCUT2D eigenvalue weighted by Gasteiger charge is 2.52. The molecule has 3 amide bonds. The lowest BCUT2D eigenvalue weighted by Gasteiger charge is -2.36. The van der Waals surface area contributed by atoms with Crippen LogP contribution in [0.25, 0.3) is 0 Å². The largest absolute Gasteiger partial charge is 0.478 e. The monoisotopic (exact) mass is 573 g/mol. The molecule has 2 aliphatic carbocycles. The van der Waals surface area contributed by atoms with Crippen LogP contribution in [0.15, 0.2) is 18.2 Å². The number of nitrogens with zero attached hydrogens (tertiary/aromatic N) is 1. The quantitative estimate of drug-likeness (QED) is 0.427. The highest BCUT2D eigenvalue weighted by atomic mass is 19.1. The van der Waals surface area contributed by atoms with Crippen molar-refractivity contribution < 1.29 is 33.4 Å². The maximum atomic E-state index is 15.4. The summed E-state index contributed by atoms with van der Waals surface area (Å²) in [6, 6.07) is 3.09. The van der Waals surface area contributed by atoms with E-state index in [0.717, 1.165) is 44.9 Å². The second-order valence-electron chi connectivity index (χ2n) is 13.0. The molecule has 10 heteroatoms. The fraction of sp³-hybridized carbons (Fsp3) is 0.677. The number of hydrogen-bond donors (Lipinski definition) is 3. The molecule has 9 nitrogen and oxygen atoms in total. The summed E-state index contributed by atoms with van der Waals surface area (Å²) < 4.78 is 20.7. The molecule has 1 aromatic rings. The van der Waals surface area contributed by atoms with Gasteiger partial charge in [0, 0.05) is 30.5 Å². The molecule has 0 bridgehead atoms. The van der Waals surface area contributed by atoms with Gasteiger partial charge in [-0.15, -0.1) is 0 Å². The van der Waals surface area contributed by atoms with E-state index in [1.54, 1.807) is 20.8 Å². The van der Waals surface area contributed by atoms with Crippen LogP contribution >= 0.6 is 0 Å². The molecule has 4 rings (SSSR count). The third kappa shape index (κ3) is 7.19. The number of nitrogens with one attached hydrogen (secondary N) is 1. The van der Waals surface area contributed by atoms with Crippen molar-refractivity contribution in [3.05, 3.63) is 35.1 Å². The average Bonchev–Trinajstić information content (AvgIpc) is 3.32. The van der Waals surface area contributed by atoms with Crippen LogP contribution in [-0.2, 0) is 14.3 Å². The molecule has 0 radical (unpaired) electrons. The van der Waals surface area contributed by atoms with Gasteiger partial charge in [0.25, 0.3) is 0 Å². The van der Waals surface area contributed by atoms with E-state index in [9.17, 15) is 24.3 Å². The number of carbonyl (C=O) groups excluding carboxylic acids is 3. The molecule has 1 heterocycles. The number of benzene rings is 1. The third-order valence-electron chi connectivity index (χ3n) is 9.11. The van der Waals surface area contributed by atoms with Gasteiger partial charge in [0.15, 0.2) is 0 Å². The van der Waals surface area contributed by atoms with Gasteiger partial charge >= 0.3 is 12.1 Å². The molecule has 3 atom stereocenters. The van der Waals surface area contributed by atoms with E-state index in [1.165, 1.54) is 23.1 Å². The van der Waals surface area contributed by atoms with Crippen molar-refractivity contribution in [1.82, 2.24) is 10.2 Å². The lowest BCUT2D eigenvalue weighted by atomic mass is 9.70. The molecule has 2 saturated carbocycles. The van der Waals surface area contributed by atoms with Crippen molar-refractivity contribution in [2.45, 2.75) is 96.1 Å². The molecule has 3 fully saturated rings. The first kappa shape index (κ1) is 30.8. The Morgan fingerprint density at radius 2 is 1.71 bits per heavy atom. The minimum Gasteiger partial charge on any atom is -0.478 e. The number of primary amides is 1. The molecule has 1 aliphatic heterocycles. The van der Waals surface area contributed by atoms with E-state index in [-0.39, 0.29) is 41.3 Å². The summed E-state index contributed by atoms with van der Waals surface area (Å²) in [5, 5.41) is 12.7. The number of halogens is 1. The number of alkyl carbamates (subject to hydrolysis) is 1.